The van der Waals surface area contributed by atoms with E-state index < -0.39 is 0 Å². The highest BCUT2D eigenvalue weighted by atomic mass is 32.1. The van der Waals surface area contributed by atoms with Crippen LogP contribution in [0.5, 0.6) is 0 Å². The molecular formula is C27H46N6OS. The number of nitrogens with one attached hydrogen (secondary N) is 3. The topological polar surface area (TPSA) is 105 Å². The van der Waals surface area contributed by atoms with Crippen LogP contribution in [0.2, 0.25) is 0 Å². The van der Waals surface area contributed by atoms with Crippen LogP contribution in [0, 0.1) is 22.7 Å². The Hall–Kier alpha value is -2.35. The molecule has 1 heterocycles. The molecule has 8 heteroatoms. The molecule has 0 saturated carbocycles. The second kappa shape index (κ2) is 12.6. The van der Waals surface area contributed by atoms with E-state index in [1.807, 2.05) is 24.3 Å². The molecule has 3 atom stereocenters. The Kier molecular flexibility index (Phi) is 10.4. The number of nitrogens with two attached hydrogens (primary N) is 1. The third-order valence-corrected chi connectivity index (χ3v) is 6.77. The number of urea groups is 1. The third-order valence-electron chi connectivity index (χ3n) is 6.14. The minimum Gasteiger partial charge on any atom is -0.399 e. The molecule has 7 nitrogen and oxygen atoms in total. The number of amides is 2. The van der Waals surface area contributed by atoms with Crippen LogP contribution in [0.3, 0.4) is 0 Å². The van der Waals surface area contributed by atoms with Gasteiger partial charge in [0.05, 0.1) is 0 Å². The largest absolute Gasteiger partial charge is 0.399 e. The van der Waals surface area contributed by atoms with Gasteiger partial charge in [-0.25, -0.2) is 10.2 Å². The van der Waals surface area contributed by atoms with Crippen molar-refractivity contribution >= 4 is 28.4 Å². The molecule has 35 heavy (non-hydrogen) atoms. The minimum absolute atomic E-state index is 0.110. The van der Waals surface area contributed by atoms with E-state index in [4.69, 9.17) is 5.73 Å². The number of nitrogens with zero attached hydrogens (tertiary/aromatic N) is 2. The fourth-order valence-corrected chi connectivity index (χ4v) is 4.90. The molecule has 3 unspecified atom stereocenters. The first kappa shape index (κ1) is 28.9. The lowest BCUT2D eigenvalue weighted by Gasteiger charge is -2.30. The van der Waals surface area contributed by atoms with Gasteiger partial charge < -0.3 is 11.1 Å². The number of anilines is 2. The van der Waals surface area contributed by atoms with Gasteiger partial charge in [-0.2, -0.15) is 9.36 Å². The number of carbonyl (C=O) groups is 1. The van der Waals surface area contributed by atoms with Crippen molar-refractivity contribution in [2.45, 2.75) is 93.5 Å². The molecule has 0 radical (unpaired) electrons. The average molecular weight is 503 g/mol. The Morgan fingerprint density at radius 2 is 1.77 bits per heavy atom. The molecule has 0 aliphatic carbocycles. The standard InChI is InChI=1S/C27H46N6OS/c1-18(17-27(6,7)8)12-13-22(19(2)14-15-26(3,4)5)29-24(34)31-32-25-30-23(33-35-25)20-10-9-11-21(28)16-20/h9-11,16,18-19,22H,12-15,17,28H2,1-8H3,(H2,29,31,34)(H,30,32,33). The van der Waals surface area contributed by atoms with E-state index in [0.29, 0.717) is 33.9 Å². The zero-order valence-corrected chi connectivity index (χ0v) is 23.7. The number of hydrogen-bond donors (Lipinski definition) is 4. The number of hydrogen-bond acceptors (Lipinski definition) is 6. The number of carbonyl (C=O) groups excluding carboxylic acids is 1. The molecule has 196 valence electrons. The molecule has 2 rings (SSSR count). The van der Waals surface area contributed by atoms with Gasteiger partial charge in [0.2, 0.25) is 5.13 Å². The summed E-state index contributed by atoms with van der Waals surface area (Å²) >= 11 is 1.19. The van der Waals surface area contributed by atoms with Gasteiger partial charge in [0, 0.05) is 28.8 Å². The maximum absolute atomic E-state index is 12.8. The Labute approximate surface area is 216 Å². The molecular weight excluding hydrogens is 456 g/mol. The third kappa shape index (κ3) is 11.3. The maximum Gasteiger partial charge on any atom is 0.333 e. The number of nitrogen functional groups attached to an aromatic ring is 1. The van der Waals surface area contributed by atoms with Crippen LogP contribution in [0.25, 0.3) is 11.4 Å². The fraction of sp³-hybridized carbons (Fsp3) is 0.667. The van der Waals surface area contributed by atoms with E-state index in [-0.39, 0.29) is 17.5 Å². The van der Waals surface area contributed by atoms with Gasteiger partial charge >= 0.3 is 6.03 Å². The van der Waals surface area contributed by atoms with E-state index in [1.165, 1.54) is 18.0 Å². The lowest BCUT2D eigenvalue weighted by molar-refractivity contribution is 0.220. The molecule has 0 fully saturated rings. The van der Waals surface area contributed by atoms with E-state index in [2.05, 4.69) is 80.9 Å². The predicted octanol–water partition coefficient (Wildman–Crippen LogP) is 7.10. The molecule has 2 aromatic rings. The summed E-state index contributed by atoms with van der Waals surface area (Å²) < 4.78 is 4.36. The van der Waals surface area contributed by atoms with Crippen LogP contribution < -0.4 is 21.9 Å². The monoisotopic (exact) mass is 502 g/mol. The first-order valence-electron chi connectivity index (χ1n) is 12.7. The van der Waals surface area contributed by atoms with Crippen molar-refractivity contribution in [2.24, 2.45) is 22.7 Å². The van der Waals surface area contributed by atoms with Crippen molar-refractivity contribution in [1.29, 1.82) is 0 Å². The van der Waals surface area contributed by atoms with Crippen LogP contribution in [0.4, 0.5) is 15.6 Å². The van der Waals surface area contributed by atoms with E-state index in [1.54, 1.807) is 0 Å². The highest BCUT2D eigenvalue weighted by molar-refractivity contribution is 7.09. The zero-order valence-electron chi connectivity index (χ0n) is 22.9. The van der Waals surface area contributed by atoms with Crippen LogP contribution in [-0.4, -0.2) is 21.4 Å². The normalized spacial score (nSPS) is 14.7. The van der Waals surface area contributed by atoms with Gasteiger partial charge in [0.1, 0.15) is 0 Å². The van der Waals surface area contributed by atoms with Gasteiger partial charge in [0.15, 0.2) is 5.82 Å². The van der Waals surface area contributed by atoms with Crippen LogP contribution >= 0.6 is 11.5 Å². The van der Waals surface area contributed by atoms with Gasteiger partial charge in [-0.05, 0) is 66.9 Å². The first-order chi connectivity index (χ1) is 16.2. The molecule has 0 spiro atoms. The average Bonchev–Trinajstić information content (AvgIpc) is 3.21. The van der Waals surface area contributed by atoms with Crippen molar-refractivity contribution in [3.63, 3.8) is 0 Å². The van der Waals surface area contributed by atoms with E-state index in [0.717, 1.165) is 31.2 Å². The summed E-state index contributed by atoms with van der Waals surface area (Å²) in [6.07, 6.45) is 5.44. The predicted molar refractivity (Wildman–Crippen MR) is 149 cm³/mol. The van der Waals surface area contributed by atoms with Crippen molar-refractivity contribution in [3.05, 3.63) is 24.3 Å². The summed E-state index contributed by atoms with van der Waals surface area (Å²) in [7, 11) is 0. The van der Waals surface area contributed by atoms with Crippen LogP contribution in [-0.2, 0) is 0 Å². The fourth-order valence-electron chi connectivity index (χ4n) is 4.36. The summed E-state index contributed by atoms with van der Waals surface area (Å²) in [5, 5.41) is 3.74. The SMILES string of the molecule is CC(CCC(NC(=O)NNc1nc(-c2cccc(N)c2)ns1)C(C)CCC(C)(C)C)CC(C)(C)C. The Balaban J connectivity index is 1.95. The lowest BCUT2D eigenvalue weighted by atomic mass is 9.80. The van der Waals surface area contributed by atoms with E-state index >= 15 is 0 Å². The smallest absolute Gasteiger partial charge is 0.333 e. The van der Waals surface area contributed by atoms with Gasteiger partial charge in [-0.15, -0.1) is 0 Å². The molecule has 2 amide bonds. The number of aromatic nitrogens is 2. The number of benzene rings is 1. The summed E-state index contributed by atoms with van der Waals surface area (Å²) in [5.41, 5.74) is 13.6. The molecule has 1 aromatic carbocycles. The van der Waals surface area contributed by atoms with Crippen LogP contribution in [0.1, 0.15) is 87.5 Å². The summed E-state index contributed by atoms with van der Waals surface area (Å²) in [5.74, 6) is 1.58. The second-order valence-electron chi connectivity index (χ2n) is 12.4. The second-order valence-corrected chi connectivity index (χ2v) is 13.2. The molecule has 0 saturated heterocycles. The molecule has 0 aliphatic heterocycles. The highest BCUT2D eigenvalue weighted by Gasteiger charge is 2.24. The highest BCUT2D eigenvalue weighted by Crippen LogP contribution is 2.30. The Morgan fingerprint density at radius 1 is 1.06 bits per heavy atom. The molecule has 5 N–H and O–H groups in total. The maximum atomic E-state index is 12.8. The van der Waals surface area contributed by atoms with Crippen LogP contribution in [0.15, 0.2) is 24.3 Å². The lowest BCUT2D eigenvalue weighted by Crippen LogP contribution is -2.47. The van der Waals surface area contributed by atoms with Gasteiger partial charge in [-0.3, -0.25) is 5.43 Å². The number of rotatable bonds is 11. The van der Waals surface area contributed by atoms with Crippen molar-refractivity contribution in [2.75, 3.05) is 11.2 Å². The first-order valence-corrected chi connectivity index (χ1v) is 13.5. The minimum atomic E-state index is -0.248. The Morgan fingerprint density at radius 3 is 2.40 bits per heavy atom. The van der Waals surface area contributed by atoms with E-state index in [9.17, 15) is 4.79 Å². The quantitative estimate of drug-likeness (QED) is 0.194. The van der Waals surface area contributed by atoms with Gasteiger partial charge in [0.25, 0.3) is 0 Å². The Bertz CT molecular complexity index is 930. The summed E-state index contributed by atoms with van der Waals surface area (Å²) in [6.45, 7) is 18.2. The van der Waals surface area contributed by atoms with Crippen molar-refractivity contribution < 1.29 is 4.79 Å². The zero-order chi connectivity index (χ0) is 26.2. The van der Waals surface area contributed by atoms with Gasteiger partial charge in [-0.1, -0.05) is 67.5 Å². The molecule has 0 bridgehead atoms. The van der Waals surface area contributed by atoms with Crippen molar-refractivity contribution in [3.8, 4) is 11.4 Å². The molecule has 1 aromatic heterocycles. The summed E-state index contributed by atoms with van der Waals surface area (Å²) in [4.78, 5) is 17.2. The molecule has 0 aliphatic rings. The van der Waals surface area contributed by atoms with Crippen molar-refractivity contribution in [1.82, 2.24) is 20.1 Å². The number of hydrazine groups is 1. The summed E-state index contributed by atoms with van der Waals surface area (Å²) in [6, 6.07) is 7.29.